The zero-order valence-electron chi connectivity index (χ0n) is 19.7. The molecule has 0 amide bonds. The Morgan fingerprint density at radius 3 is 2.49 bits per heavy atom. The first-order valence-electron chi connectivity index (χ1n) is 11.4. The number of thiocarbonyl (C=S) groups is 1. The third-order valence-electron chi connectivity index (χ3n) is 6.17. The van der Waals surface area contributed by atoms with Gasteiger partial charge in [-0.1, -0.05) is 76.9 Å². The molecule has 0 saturated carbocycles. The van der Waals surface area contributed by atoms with E-state index in [9.17, 15) is 4.39 Å². The highest BCUT2D eigenvalue weighted by molar-refractivity contribution is 7.80. The second-order valence-corrected chi connectivity index (χ2v) is 9.19. The molecule has 35 heavy (non-hydrogen) atoms. The fourth-order valence-corrected chi connectivity index (χ4v) is 4.65. The lowest BCUT2D eigenvalue weighted by Crippen LogP contribution is -2.45. The van der Waals surface area contributed by atoms with Crippen LogP contribution in [0.2, 0.25) is 0 Å². The summed E-state index contributed by atoms with van der Waals surface area (Å²) in [5.74, 6) is 0.355. The molecule has 5 rings (SSSR count). The van der Waals surface area contributed by atoms with Gasteiger partial charge in [0.15, 0.2) is 5.11 Å². The standard InChI is InChI=1S/C28H25FN4OS/c1-17-10-12-21(13-11-17)25-24(27-31-26(32-34-27)22-8-5-9-23(29)15-22)19(3)33(28(35)30-25)16-20-7-4-6-18(2)14-20/h4-15,25H,16H2,1-3H3,(H,30,35). The molecule has 0 bridgehead atoms. The lowest BCUT2D eigenvalue weighted by atomic mass is 9.94. The van der Waals surface area contributed by atoms with E-state index in [4.69, 9.17) is 16.7 Å². The first-order valence-corrected chi connectivity index (χ1v) is 11.8. The first kappa shape index (κ1) is 22.9. The van der Waals surface area contributed by atoms with E-state index in [1.807, 2.05) is 13.0 Å². The van der Waals surface area contributed by atoms with E-state index in [1.165, 1.54) is 23.3 Å². The van der Waals surface area contributed by atoms with Gasteiger partial charge in [0, 0.05) is 17.8 Å². The molecular formula is C28H25FN4OS. The number of rotatable bonds is 5. The van der Waals surface area contributed by atoms with Crippen molar-refractivity contribution in [1.29, 1.82) is 0 Å². The van der Waals surface area contributed by atoms with Gasteiger partial charge in [0.2, 0.25) is 5.82 Å². The molecule has 0 aliphatic carbocycles. The van der Waals surface area contributed by atoms with Crippen molar-refractivity contribution in [3.05, 3.63) is 112 Å². The van der Waals surface area contributed by atoms with E-state index in [2.05, 4.69) is 76.7 Å². The summed E-state index contributed by atoms with van der Waals surface area (Å²) in [5.41, 5.74) is 6.86. The van der Waals surface area contributed by atoms with Gasteiger partial charge in [-0.3, -0.25) is 0 Å². The predicted molar refractivity (Wildman–Crippen MR) is 139 cm³/mol. The SMILES string of the molecule is CC1=C(c2nc(-c3cccc(F)c3)no2)C(c2ccc(C)cc2)NC(=S)N1Cc1cccc(C)c1. The molecular weight excluding hydrogens is 459 g/mol. The van der Waals surface area contributed by atoms with E-state index >= 15 is 0 Å². The minimum Gasteiger partial charge on any atom is -0.351 e. The maximum atomic E-state index is 13.8. The maximum absolute atomic E-state index is 13.8. The van der Waals surface area contributed by atoms with Crippen LogP contribution >= 0.6 is 12.2 Å². The monoisotopic (exact) mass is 484 g/mol. The molecule has 2 heterocycles. The van der Waals surface area contributed by atoms with E-state index < -0.39 is 0 Å². The van der Waals surface area contributed by atoms with Crippen LogP contribution in [0.5, 0.6) is 0 Å². The molecule has 1 atom stereocenters. The molecule has 7 heteroatoms. The van der Waals surface area contributed by atoms with Crippen molar-refractivity contribution in [1.82, 2.24) is 20.4 Å². The van der Waals surface area contributed by atoms with Crippen LogP contribution in [0.25, 0.3) is 17.0 Å². The van der Waals surface area contributed by atoms with Gasteiger partial charge in [-0.25, -0.2) is 4.39 Å². The summed E-state index contributed by atoms with van der Waals surface area (Å²) in [5, 5.41) is 8.27. The van der Waals surface area contributed by atoms with Crippen molar-refractivity contribution in [2.75, 3.05) is 0 Å². The largest absolute Gasteiger partial charge is 0.351 e. The highest BCUT2D eigenvalue weighted by Gasteiger charge is 2.34. The molecule has 0 saturated heterocycles. The number of aromatic nitrogens is 2. The Labute approximate surface area is 209 Å². The van der Waals surface area contributed by atoms with Crippen molar-refractivity contribution >= 4 is 22.9 Å². The van der Waals surface area contributed by atoms with Crippen molar-refractivity contribution in [3.63, 3.8) is 0 Å². The maximum Gasteiger partial charge on any atom is 0.258 e. The van der Waals surface area contributed by atoms with Crippen LogP contribution in [0.1, 0.15) is 41.1 Å². The second-order valence-electron chi connectivity index (χ2n) is 8.80. The Hall–Kier alpha value is -3.84. The summed E-state index contributed by atoms with van der Waals surface area (Å²) in [6.45, 7) is 6.75. The van der Waals surface area contributed by atoms with Crippen LogP contribution < -0.4 is 5.32 Å². The molecule has 1 aliphatic rings. The predicted octanol–water partition coefficient (Wildman–Crippen LogP) is 6.36. The third-order valence-corrected chi connectivity index (χ3v) is 6.51. The van der Waals surface area contributed by atoms with Crippen LogP contribution in [-0.2, 0) is 6.54 Å². The van der Waals surface area contributed by atoms with E-state index in [-0.39, 0.29) is 11.9 Å². The Morgan fingerprint density at radius 2 is 1.74 bits per heavy atom. The van der Waals surface area contributed by atoms with E-state index in [1.54, 1.807) is 12.1 Å². The van der Waals surface area contributed by atoms with Gasteiger partial charge < -0.3 is 14.7 Å². The smallest absolute Gasteiger partial charge is 0.258 e. The van der Waals surface area contributed by atoms with Crippen LogP contribution in [-0.4, -0.2) is 20.2 Å². The van der Waals surface area contributed by atoms with Crippen molar-refractivity contribution in [2.24, 2.45) is 0 Å². The average molecular weight is 485 g/mol. The molecule has 5 nitrogen and oxygen atoms in total. The minimum atomic E-state index is -0.351. The zero-order valence-corrected chi connectivity index (χ0v) is 20.6. The lowest BCUT2D eigenvalue weighted by Gasteiger charge is -2.37. The third kappa shape index (κ3) is 4.72. The molecule has 4 aromatic rings. The summed E-state index contributed by atoms with van der Waals surface area (Å²) in [6, 6.07) is 22.5. The normalized spacial score (nSPS) is 15.9. The van der Waals surface area contributed by atoms with Crippen LogP contribution in [0.15, 0.2) is 83.0 Å². The number of benzene rings is 3. The molecule has 1 N–H and O–H groups in total. The fourth-order valence-electron chi connectivity index (χ4n) is 4.33. The highest BCUT2D eigenvalue weighted by Crippen LogP contribution is 2.38. The molecule has 176 valence electrons. The van der Waals surface area contributed by atoms with Crippen LogP contribution in [0.4, 0.5) is 4.39 Å². The number of aryl methyl sites for hydroxylation is 2. The summed E-state index contributed by atoms with van der Waals surface area (Å²) in [4.78, 5) is 6.71. The van der Waals surface area contributed by atoms with Crippen molar-refractivity contribution in [2.45, 2.75) is 33.4 Å². The molecule has 1 aromatic heterocycles. The number of halogens is 1. The lowest BCUT2D eigenvalue weighted by molar-refractivity contribution is 0.396. The van der Waals surface area contributed by atoms with Gasteiger partial charge in [0.1, 0.15) is 5.82 Å². The van der Waals surface area contributed by atoms with Gasteiger partial charge >= 0.3 is 0 Å². The van der Waals surface area contributed by atoms with E-state index in [0.717, 1.165) is 22.4 Å². The Bertz CT molecular complexity index is 1430. The molecule has 1 unspecified atom stereocenters. The zero-order chi connectivity index (χ0) is 24.5. The number of hydrogen-bond acceptors (Lipinski definition) is 4. The van der Waals surface area contributed by atoms with Gasteiger partial charge in [0.05, 0.1) is 11.6 Å². The minimum absolute atomic E-state index is 0.266. The van der Waals surface area contributed by atoms with Crippen LogP contribution in [0, 0.1) is 19.7 Å². The molecule has 0 fully saturated rings. The fraction of sp³-hybridized carbons (Fsp3) is 0.179. The Morgan fingerprint density at radius 1 is 0.971 bits per heavy atom. The second kappa shape index (κ2) is 9.43. The summed E-state index contributed by atoms with van der Waals surface area (Å²) >= 11 is 5.81. The highest BCUT2D eigenvalue weighted by atomic mass is 32.1. The van der Waals surface area contributed by atoms with E-state index in [0.29, 0.717) is 28.9 Å². The quantitative estimate of drug-likeness (QED) is 0.333. The number of hydrogen-bond donors (Lipinski definition) is 1. The summed E-state index contributed by atoms with van der Waals surface area (Å²) in [7, 11) is 0. The first-order chi connectivity index (χ1) is 16.9. The average Bonchev–Trinajstić information content (AvgIpc) is 3.32. The number of nitrogens with zero attached hydrogens (tertiary/aromatic N) is 3. The van der Waals surface area contributed by atoms with Crippen molar-refractivity contribution < 1.29 is 8.91 Å². The topological polar surface area (TPSA) is 54.2 Å². The molecule has 3 aromatic carbocycles. The molecule has 0 spiro atoms. The Balaban J connectivity index is 1.60. The Kier molecular flexibility index (Phi) is 6.17. The summed E-state index contributed by atoms with van der Waals surface area (Å²) in [6.07, 6.45) is 0. The van der Waals surface area contributed by atoms with Gasteiger partial charge in [-0.05, 0) is 56.2 Å². The van der Waals surface area contributed by atoms with Crippen LogP contribution in [0.3, 0.4) is 0 Å². The number of nitrogens with one attached hydrogen (secondary N) is 1. The molecule has 0 radical (unpaired) electrons. The molecule has 1 aliphatic heterocycles. The van der Waals surface area contributed by atoms with Gasteiger partial charge in [-0.2, -0.15) is 4.98 Å². The van der Waals surface area contributed by atoms with Gasteiger partial charge in [0.25, 0.3) is 5.89 Å². The number of allylic oxidation sites excluding steroid dienone is 1. The summed E-state index contributed by atoms with van der Waals surface area (Å²) < 4.78 is 19.5. The van der Waals surface area contributed by atoms with Gasteiger partial charge in [-0.15, -0.1) is 0 Å². The van der Waals surface area contributed by atoms with Crippen molar-refractivity contribution in [3.8, 4) is 11.4 Å².